The highest BCUT2D eigenvalue weighted by Gasteiger charge is 2.26. The van der Waals surface area contributed by atoms with Crippen molar-refractivity contribution in [2.75, 3.05) is 13.1 Å². The monoisotopic (exact) mass is 289 g/mol. The van der Waals surface area contributed by atoms with Crippen LogP contribution in [0.5, 0.6) is 0 Å². The fraction of sp³-hybridized carbons (Fsp3) is 0.538. The second-order valence-electron chi connectivity index (χ2n) is 4.33. The Bertz CT molecular complexity index is 511. The lowest BCUT2D eigenvalue weighted by Crippen LogP contribution is -2.33. The molecule has 0 unspecified atom stereocenters. The number of aliphatic hydroxyl groups excluding tert-OH is 1. The number of rotatable bonds is 7. The van der Waals surface area contributed by atoms with Crippen molar-refractivity contribution in [3.63, 3.8) is 0 Å². The summed E-state index contributed by atoms with van der Waals surface area (Å²) in [5.41, 5.74) is 0.382. The van der Waals surface area contributed by atoms with Crippen LogP contribution >= 0.6 is 0 Å². The molecule has 0 radical (unpaired) electrons. The predicted octanol–water partition coefficient (Wildman–Crippen LogP) is 2.13. The Kier molecular flexibility index (Phi) is 5.90. The fourth-order valence-electron chi connectivity index (χ4n) is 1.83. The van der Waals surface area contributed by atoms with Crippen LogP contribution in [0.25, 0.3) is 0 Å². The van der Waals surface area contributed by atoms with Crippen LogP contribution in [0.2, 0.25) is 0 Å². The lowest BCUT2D eigenvalue weighted by molar-refractivity contribution is 0.281. The Hall–Kier alpha value is -0.980. The van der Waals surface area contributed by atoms with Gasteiger partial charge in [0.1, 0.15) is 10.7 Å². The summed E-state index contributed by atoms with van der Waals surface area (Å²) >= 11 is 0. The fourth-order valence-corrected chi connectivity index (χ4v) is 3.57. The van der Waals surface area contributed by atoms with Crippen LogP contribution in [0.1, 0.15) is 32.3 Å². The van der Waals surface area contributed by atoms with Crippen LogP contribution in [-0.4, -0.2) is 30.9 Å². The van der Waals surface area contributed by atoms with E-state index in [1.807, 2.05) is 13.8 Å². The van der Waals surface area contributed by atoms with Crippen LogP contribution in [0, 0.1) is 5.82 Å². The lowest BCUT2D eigenvalue weighted by Gasteiger charge is -2.21. The predicted molar refractivity (Wildman–Crippen MR) is 71.7 cm³/mol. The van der Waals surface area contributed by atoms with E-state index in [9.17, 15) is 12.8 Å². The van der Waals surface area contributed by atoms with Crippen molar-refractivity contribution >= 4 is 10.0 Å². The Balaban J connectivity index is 3.23. The molecule has 0 aromatic heterocycles. The van der Waals surface area contributed by atoms with E-state index >= 15 is 0 Å². The average molecular weight is 289 g/mol. The molecule has 0 aliphatic carbocycles. The first-order valence-corrected chi connectivity index (χ1v) is 7.80. The summed E-state index contributed by atoms with van der Waals surface area (Å²) in [6.07, 6.45) is 1.33. The summed E-state index contributed by atoms with van der Waals surface area (Å²) in [4.78, 5) is -0.360. The maximum absolute atomic E-state index is 13.8. The van der Waals surface area contributed by atoms with Crippen molar-refractivity contribution in [1.82, 2.24) is 4.31 Å². The molecule has 0 aliphatic rings. The second kappa shape index (κ2) is 6.98. The van der Waals surface area contributed by atoms with Crippen molar-refractivity contribution in [2.45, 2.75) is 38.2 Å². The van der Waals surface area contributed by atoms with Gasteiger partial charge in [-0.05, 0) is 30.5 Å². The Morgan fingerprint density at radius 1 is 1.21 bits per heavy atom. The van der Waals surface area contributed by atoms with Gasteiger partial charge in [-0.25, -0.2) is 12.8 Å². The minimum atomic E-state index is -3.84. The first-order valence-electron chi connectivity index (χ1n) is 6.36. The van der Waals surface area contributed by atoms with Gasteiger partial charge in [0.05, 0.1) is 6.61 Å². The SMILES string of the molecule is CCCN(CCC)S(=O)(=O)c1cc(CO)ccc1F. The number of nitrogens with zero attached hydrogens (tertiary/aromatic N) is 1. The summed E-state index contributed by atoms with van der Waals surface area (Å²) in [7, 11) is -3.84. The van der Waals surface area contributed by atoms with E-state index in [0.717, 1.165) is 6.07 Å². The number of aliphatic hydroxyl groups is 1. The van der Waals surface area contributed by atoms with E-state index < -0.39 is 15.8 Å². The van der Waals surface area contributed by atoms with Crippen molar-refractivity contribution in [2.24, 2.45) is 0 Å². The topological polar surface area (TPSA) is 57.6 Å². The van der Waals surface area contributed by atoms with Gasteiger partial charge in [0.25, 0.3) is 0 Å². The van der Waals surface area contributed by atoms with Gasteiger partial charge in [0.2, 0.25) is 10.0 Å². The van der Waals surface area contributed by atoms with E-state index in [1.165, 1.54) is 16.4 Å². The van der Waals surface area contributed by atoms with Crippen LogP contribution in [0.15, 0.2) is 23.1 Å². The maximum Gasteiger partial charge on any atom is 0.245 e. The summed E-state index contributed by atoms with van der Waals surface area (Å²) in [6.45, 7) is 4.15. The van der Waals surface area contributed by atoms with E-state index in [-0.39, 0.29) is 11.5 Å². The van der Waals surface area contributed by atoms with Gasteiger partial charge >= 0.3 is 0 Å². The van der Waals surface area contributed by atoms with E-state index in [2.05, 4.69) is 0 Å². The van der Waals surface area contributed by atoms with E-state index in [0.29, 0.717) is 31.5 Å². The van der Waals surface area contributed by atoms with E-state index in [4.69, 9.17) is 5.11 Å². The molecule has 0 saturated heterocycles. The Labute approximate surface area is 113 Å². The Morgan fingerprint density at radius 2 is 1.79 bits per heavy atom. The smallest absolute Gasteiger partial charge is 0.245 e. The van der Waals surface area contributed by atoms with Crippen molar-refractivity contribution in [1.29, 1.82) is 0 Å². The normalized spacial score (nSPS) is 12.1. The zero-order valence-electron chi connectivity index (χ0n) is 11.3. The molecule has 0 spiro atoms. The first-order chi connectivity index (χ1) is 8.97. The van der Waals surface area contributed by atoms with Crippen LogP contribution in [-0.2, 0) is 16.6 Å². The maximum atomic E-state index is 13.8. The van der Waals surface area contributed by atoms with Crippen LogP contribution < -0.4 is 0 Å². The van der Waals surface area contributed by atoms with Gasteiger partial charge in [-0.2, -0.15) is 4.31 Å². The van der Waals surface area contributed by atoms with Crippen molar-refractivity contribution in [3.05, 3.63) is 29.6 Å². The molecular weight excluding hydrogens is 269 g/mol. The summed E-state index contributed by atoms with van der Waals surface area (Å²) in [5.74, 6) is -0.783. The summed E-state index contributed by atoms with van der Waals surface area (Å²) < 4.78 is 39.9. The molecule has 108 valence electrons. The van der Waals surface area contributed by atoms with Gasteiger partial charge in [0, 0.05) is 13.1 Å². The molecule has 1 aromatic rings. The zero-order chi connectivity index (χ0) is 14.5. The third-order valence-corrected chi connectivity index (χ3v) is 4.66. The van der Waals surface area contributed by atoms with Gasteiger partial charge in [-0.3, -0.25) is 0 Å². The molecule has 19 heavy (non-hydrogen) atoms. The third-order valence-electron chi connectivity index (χ3n) is 2.74. The number of hydrogen-bond donors (Lipinski definition) is 1. The molecule has 1 N–H and O–H groups in total. The highest BCUT2D eigenvalue weighted by Crippen LogP contribution is 2.21. The largest absolute Gasteiger partial charge is 0.392 e. The quantitative estimate of drug-likeness (QED) is 0.836. The van der Waals surface area contributed by atoms with Crippen LogP contribution in [0.3, 0.4) is 0 Å². The Morgan fingerprint density at radius 3 is 2.26 bits per heavy atom. The molecule has 0 heterocycles. The van der Waals surface area contributed by atoms with Crippen molar-refractivity contribution < 1.29 is 17.9 Å². The zero-order valence-corrected chi connectivity index (χ0v) is 12.1. The molecule has 0 atom stereocenters. The average Bonchev–Trinajstić information content (AvgIpc) is 2.39. The molecule has 0 aliphatic heterocycles. The lowest BCUT2D eigenvalue weighted by atomic mass is 10.2. The number of halogens is 1. The van der Waals surface area contributed by atoms with Gasteiger partial charge < -0.3 is 5.11 Å². The number of benzene rings is 1. The number of sulfonamides is 1. The molecule has 1 aromatic carbocycles. The minimum absolute atomic E-state index is 0.315. The third kappa shape index (κ3) is 3.75. The molecule has 0 bridgehead atoms. The first kappa shape index (κ1) is 16.1. The highest BCUT2D eigenvalue weighted by molar-refractivity contribution is 7.89. The van der Waals surface area contributed by atoms with Gasteiger partial charge in [-0.15, -0.1) is 0 Å². The highest BCUT2D eigenvalue weighted by atomic mass is 32.2. The van der Waals surface area contributed by atoms with Crippen molar-refractivity contribution in [3.8, 4) is 0 Å². The van der Waals surface area contributed by atoms with Gasteiger partial charge in [0.15, 0.2) is 0 Å². The molecule has 0 fully saturated rings. The second-order valence-corrected chi connectivity index (χ2v) is 6.23. The number of hydrogen-bond acceptors (Lipinski definition) is 3. The van der Waals surface area contributed by atoms with E-state index in [1.54, 1.807) is 0 Å². The van der Waals surface area contributed by atoms with Gasteiger partial charge in [-0.1, -0.05) is 19.9 Å². The standard InChI is InChI=1S/C13H20FNO3S/c1-3-7-15(8-4-2)19(17,18)13-9-11(10-16)5-6-12(13)14/h5-6,9,16H,3-4,7-8,10H2,1-2H3. The molecular formula is C13H20FNO3S. The molecule has 1 rings (SSSR count). The summed E-state index contributed by atoms with van der Waals surface area (Å²) in [5, 5.41) is 9.03. The van der Waals surface area contributed by atoms with Crippen LogP contribution in [0.4, 0.5) is 4.39 Å². The molecule has 4 nitrogen and oxygen atoms in total. The molecule has 0 amide bonds. The molecule has 0 saturated carbocycles. The summed E-state index contributed by atoms with van der Waals surface area (Å²) in [6, 6.07) is 3.65. The molecule has 6 heteroatoms. The minimum Gasteiger partial charge on any atom is -0.392 e.